The first-order valence-corrected chi connectivity index (χ1v) is 13.5. The highest BCUT2D eigenvalue weighted by Crippen LogP contribution is 2.44. The number of amidine groups is 1. The zero-order chi connectivity index (χ0) is 27.7. The first kappa shape index (κ1) is 26.9. The van der Waals surface area contributed by atoms with Gasteiger partial charge in [-0.05, 0) is 44.6 Å². The van der Waals surface area contributed by atoms with Gasteiger partial charge >= 0.3 is 11.9 Å². The van der Waals surface area contributed by atoms with Gasteiger partial charge in [-0.2, -0.15) is 0 Å². The van der Waals surface area contributed by atoms with Gasteiger partial charge in [0.1, 0.15) is 6.04 Å². The lowest BCUT2D eigenvalue weighted by molar-refractivity contribution is -0.139. The molecule has 1 atom stereocenters. The Morgan fingerprint density at radius 3 is 2.59 bits per heavy atom. The molecule has 0 bridgehead atoms. The summed E-state index contributed by atoms with van der Waals surface area (Å²) in [6.45, 7) is 1.77. The topological polar surface area (TPSA) is 127 Å². The molecule has 0 spiro atoms. The quantitative estimate of drug-likeness (QED) is 0.273. The molecule has 1 aliphatic heterocycles. The number of carboxylic acids is 1. The van der Waals surface area contributed by atoms with Crippen molar-refractivity contribution in [1.82, 2.24) is 15.3 Å². The van der Waals surface area contributed by atoms with Gasteiger partial charge in [0.25, 0.3) is 0 Å². The fraction of sp³-hybridized carbons (Fsp3) is 0.346. The maximum absolute atomic E-state index is 14.5. The smallest absolute Gasteiger partial charge is 0.373 e. The Morgan fingerprint density at radius 2 is 1.95 bits per heavy atom. The number of oxazole rings is 1. The van der Waals surface area contributed by atoms with Crippen LogP contribution in [0.25, 0.3) is 0 Å². The van der Waals surface area contributed by atoms with E-state index in [0.717, 1.165) is 6.07 Å². The normalized spacial score (nSPS) is 21.3. The summed E-state index contributed by atoms with van der Waals surface area (Å²) in [4.78, 5) is 37.7. The number of aliphatic imine (C=N–C) groups is 1. The van der Waals surface area contributed by atoms with Crippen LogP contribution in [0.2, 0.25) is 5.02 Å². The van der Waals surface area contributed by atoms with Gasteiger partial charge in [-0.1, -0.05) is 17.7 Å². The third-order valence-corrected chi connectivity index (χ3v) is 7.95. The van der Waals surface area contributed by atoms with E-state index in [-0.39, 0.29) is 35.3 Å². The van der Waals surface area contributed by atoms with Gasteiger partial charge in [-0.25, -0.2) is 28.3 Å². The van der Waals surface area contributed by atoms with Crippen LogP contribution in [-0.4, -0.2) is 39.5 Å². The second kappa shape index (κ2) is 11.2. The van der Waals surface area contributed by atoms with E-state index in [4.69, 9.17) is 25.9 Å². The van der Waals surface area contributed by atoms with Crippen LogP contribution in [0.4, 0.5) is 8.78 Å². The number of carboxylic acid groups (broad SMARTS) is 1. The number of nitrogens with zero attached hydrogens (tertiary/aromatic N) is 3. The predicted molar refractivity (Wildman–Crippen MR) is 138 cm³/mol. The number of carbonyl (C=O) groups is 2. The third kappa shape index (κ3) is 5.30. The van der Waals surface area contributed by atoms with Crippen molar-refractivity contribution in [3.8, 4) is 0 Å². The fourth-order valence-corrected chi connectivity index (χ4v) is 5.80. The van der Waals surface area contributed by atoms with Crippen LogP contribution in [0.1, 0.15) is 71.6 Å². The average molecular weight is 577 g/mol. The minimum absolute atomic E-state index is 0.0897. The Hall–Kier alpha value is -3.64. The van der Waals surface area contributed by atoms with Crippen LogP contribution < -0.4 is 5.32 Å². The molecule has 39 heavy (non-hydrogen) atoms. The van der Waals surface area contributed by atoms with Gasteiger partial charge < -0.3 is 19.6 Å². The lowest BCUT2D eigenvalue weighted by Crippen LogP contribution is -2.38. The number of rotatable bonds is 7. The third-order valence-electron chi connectivity index (χ3n) is 6.78. The number of benzene rings is 1. The summed E-state index contributed by atoms with van der Waals surface area (Å²) >= 11 is 7.57. The van der Waals surface area contributed by atoms with Gasteiger partial charge in [-0.3, -0.25) is 4.99 Å². The molecule has 204 valence electrons. The van der Waals surface area contributed by atoms with Crippen molar-refractivity contribution in [1.29, 1.82) is 0 Å². The zero-order valence-electron chi connectivity index (χ0n) is 20.6. The summed E-state index contributed by atoms with van der Waals surface area (Å²) in [7, 11) is 0. The number of allylic oxidation sites excluding steroid dienone is 1. The minimum Gasteiger partial charge on any atom is -0.475 e. The Morgan fingerprint density at radius 1 is 1.21 bits per heavy atom. The van der Waals surface area contributed by atoms with E-state index in [1.165, 1.54) is 23.6 Å². The zero-order valence-corrected chi connectivity index (χ0v) is 22.2. The number of thiazole rings is 1. The Bertz CT molecular complexity index is 1460. The number of aromatic carboxylic acids is 1. The molecule has 9 nitrogen and oxygen atoms in total. The number of halogens is 3. The number of hydrogen-bond acceptors (Lipinski definition) is 9. The number of hydrogen-bond donors (Lipinski definition) is 2. The van der Waals surface area contributed by atoms with E-state index < -0.39 is 34.6 Å². The summed E-state index contributed by atoms with van der Waals surface area (Å²) < 4.78 is 39.3. The molecular weight excluding hydrogens is 554 g/mol. The van der Waals surface area contributed by atoms with Gasteiger partial charge in [0.05, 0.1) is 23.4 Å². The highest BCUT2D eigenvalue weighted by molar-refractivity contribution is 7.11. The SMILES string of the molecule is CCOC(=O)C1=C([C@H]2CC[C@H](c3ncc(C(=O)O)o3)CC2)NC(c2nccs2)=NC1c1ccc(F)c(F)c1Cl. The van der Waals surface area contributed by atoms with Crippen molar-refractivity contribution in [3.63, 3.8) is 0 Å². The largest absolute Gasteiger partial charge is 0.475 e. The van der Waals surface area contributed by atoms with E-state index in [1.54, 1.807) is 18.5 Å². The summed E-state index contributed by atoms with van der Waals surface area (Å²) in [6, 6.07) is 1.20. The maximum Gasteiger partial charge on any atom is 0.373 e. The fourth-order valence-electron chi connectivity index (χ4n) is 4.95. The molecule has 1 fully saturated rings. The number of nitrogens with one attached hydrogen (secondary N) is 1. The van der Waals surface area contributed by atoms with Gasteiger partial charge in [0.2, 0.25) is 5.76 Å². The van der Waals surface area contributed by atoms with E-state index in [1.807, 2.05) is 0 Å². The maximum atomic E-state index is 14.5. The summed E-state index contributed by atoms with van der Waals surface area (Å²) in [5.41, 5.74) is 0.843. The lowest BCUT2D eigenvalue weighted by Gasteiger charge is -2.34. The van der Waals surface area contributed by atoms with Gasteiger partial charge in [0.15, 0.2) is 28.4 Å². The van der Waals surface area contributed by atoms with E-state index in [9.17, 15) is 18.4 Å². The predicted octanol–water partition coefficient (Wildman–Crippen LogP) is 5.64. The van der Waals surface area contributed by atoms with Crippen molar-refractivity contribution >= 4 is 40.7 Å². The van der Waals surface area contributed by atoms with Crippen LogP contribution in [0.15, 0.2) is 50.6 Å². The van der Waals surface area contributed by atoms with E-state index >= 15 is 0 Å². The van der Waals surface area contributed by atoms with E-state index in [0.29, 0.717) is 48.1 Å². The van der Waals surface area contributed by atoms with Crippen LogP contribution in [0.3, 0.4) is 0 Å². The molecule has 1 aliphatic carbocycles. The average Bonchev–Trinajstić information content (AvgIpc) is 3.65. The highest BCUT2D eigenvalue weighted by atomic mass is 35.5. The first-order chi connectivity index (χ1) is 18.8. The van der Waals surface area contributed by atoms with E-state index in [2.05, 4.69) is 20.3 Å². The Balaban J connectivity index is 1.54. The Kier molecular flexibility index (Phi) is 7.76. The van der Waals surface area contributed by atoms with Gasteiger partial charge in [-0.15, -0.1) is 11.3 Å². The molecule has 0 amide bonds. The molecule has 1 saturated carbocycles. The molecule has 3 heterocycles. The number of esters is 1. The van der Waals surface area contributed by atoms with Crippen molar-refractivity contribution in [2.24, 2.45) is 10.9 Å². The monoisotopic (exact) mass is 576 g/mol. The minimum atomic E-state index is -1.23. The van der Waals surface area contributed by atoms with Crippen LogP contribution >= 0.6 is 22.9 Å². The van der Waals surface area contributed by atoms with Crippen molar-refractivity contribution in [2.45, 2.75) is 44.6 Å². The first-order valence-electron chi connectivity index (χ1n) is 12.3. The molecule has 2 aromatic heterocycles. The molecular formula is C26H23ClF2N4O5S. The van der Waals surface area contributed by atoms with Crippen LogP contribution in [0, 0.1) is 17.6 Å². The second-order valence-electron chi connectivity index (χ2n) is 9.07. The number of ether oxygens (including phenoxy) is 1. The highest BCUT2D eigenvalue weighted by Gasteiger charge is 2.39. The second-order valence-corrected chi connectivity index (χ2v) is 10.3. The lowest BCUT2D eigenvalue weighted by atomic mass is 9.78. The van der Waals surface area contributed by atoms with Crippen molar-refractivity contribution in [2.75, 3.05) is 6.61 Å². The van der Waals surface area contributed by atoms with Crippen molar-refractivity contribution < 1.29 is 32.6 Å². The molecule has 0 radical (unpaired) electrons. The molecule has 13 heteroatoms. The van der Waals surface area contributed by atoms with Crippen molar-refractivity contribution in [3.05, 3.63) is 80.1 Å². The molecule has 5 rings (SSSR count). The number of carbonyl (C=O) groups excluding carboxylic acids is 1. The molecule has 1 unspecified atom stereocenters. The molecule has 2 aliphatic rings. The molecule has 1 aromatic carbocycles. The Labute approximate surface area is 230 Å². The standard InChI is InChI=1S/C26H23ClF2N4O5S/c1-2-37-26(36)17-20(12-3-5-13(6-4-12)23-31-11-16(38-23)25(34)35)32-22(24-30-9-10-39-24)33-21(17)14-7-8-15(28)19(29)18(14)27/h7-13,21H,2-6H2,1H3,(H,32,33)(H,34,35)/t12-,13-,21?. The van der Waals surface area contributed by atoms with Crippen LogP contribution in [0.5, 0.6) is 0 Å². The summed E-state index contributed by atoms with van der Waals surface area (Å²) in [5.74, 6) is -3.90. The molecule has 3 aromatic rings. The van der Waals surface area contributed by atoms with Crippen LogP contribution in [-0.2, 0) is 9.53 Å². The number of aromatic nitrogens is 2. The summed E-state index contributed by atoms with van der Waals surface area (Å²) in [6.07, 6.45) is 5.24. The molecule has 2 N–H and O–H groups in total. The molecule has 0 saturated heterocycles. The van der Waals surface area contributed by atoms with Gasteiger partial charge in [0, 0.05) is 28.8 Å². The summed E-state index contributed by atoms with van der Waals surface area (Å²) in [5, 5.41) is 14.3.